The second-order valence-corrected chi connectivity index (χ2v) is 8.81. The Balaban J connectivity index is 1.32. The minimum atomic E-state index is -0.199. The van der Waals surface area contributed by atoms with Gasteiger partial charge in [-0.2, -0.15) is 9.61 Å². The molecule has 0 fully saturated rings. The molecule has 1 N–H and O–H groups in total. The number of aromatic nitrogens is 5. The van der Waals surface area contributed by atoms with Crippen LogP contribution in [0.2, 0.25) is 0 Å². The van der Waals surface area contributed by atoms with Crippen LogP contribution in [-0.2, 0) is 22.4 Å². The predicted octanol–water partition coefficient (Wildman–Crippen LogP) is 2.96. The molecule has 0 bridgehead atoms. The van der Waals surface area contributed by atoms with E-state index in [1.54, 1.807) is 22.7 Å². The Hall–Kier alpha value is -4.66. The number of benzene rings is 2. The number of likely N-dealkylation sites (N-methyl/N-ethyl adjacent to an activating group) is 1. The lowest BCUT2D eigenvalue weighted by Crippen LogP contribution is -2.42. The first-order valence-corrected chi connectivity index (χ1v) is 11.8. The SMILES string of the molecule is CNC(=O)CN1C(=O)CCc2cc(-c3ccc4nnc(Cc5ccc6ncccc6c5)n4n3)ccc21. The summed E-state index contributed by atoms with van der Waals surface area (Å²) in [5, 5.41) is 17.2. The van der Waals surface area contributed by atoms with Gasteiger partial charge in [0.1, 0.15) is 6.54 Å². The third kappa shape index (κ3) is 3.94. The summed E-state index contributed by atoms with van der Waals surface area (Å²) in [6.07, 6.45) is 3.38. The van der Waals surface area contributed by atoms with E-state index in [2.05, 4.69) is 32.6 Å². The normalized spacial score (nSPS) is 13.2. The van der Waals surface area contributed by atoms with E-state index >= 15 is 0 Å². The number of nitrogens with one attached hydrogen (secondary N) is 1. The third-order valence-corrected chi connectivity index (χ3v) is 6.51. The van der Waals surface area contributed by atoms with Crippen LogP contribution in [0.15, 0.2) is 66.9 Å². The number of carbonyl (C=O) groups excluding carboxylic acids is 2. The Morgan fingerprint density at radius 2 is 1.94 bits per heavy atom. The fourth-order valence-electron chi connectivity index (χ4n) is 4.63. The van der Waals surface area contributed by atoms with Crippen molar-refractivity contribution in [3.63, 3.8) is 0 Å². The van der Waals surface area contributed by atoms with Gasteiger partial charge in [0.15, 0.2) is 11.5 Å². The number of fused-ring (bicyclic) bond motifs is 3. The molecule has 36 heavy (non-hydrogen) atoms. The molecule has 6 rings (SSSR count). The zero-order valence-electron chi connectivity index (χ0n) is 19.7. The maximum atomic E-state index is 12.5. The highest BCUT2D eigenvalue weighted by molar-refractivity contribution is 6.01. The summed E-state index contributed by atoms with van der Waals surface area (Å²) in [5.41, 5.74) is 6.24. The van der Waals surface area contributed by atoms with Crippen LogP contribution in [0.5, 0.6) is 0 Å². The molecule has 2 amide bonds. The summed E-state index contributed by atoms with van der Waals surface area (Å²) < 4.78 is 1.78. The van der Waals surface area contributed by atoms with Gasteiger partial charge in [0.2, 0.25) is 11.8 Å². The van der Waals surface area contributed by atoms with Crippen LogP contribution >= 0.6 is 0 Å². The van der Waals surface area contributed by atoms with E-state index in [0.717, 1.165) is 44.8 Å². The number of hydrogen-bond donors (Lipinski definition) is 1. The third-order valence-electron chi connectivity index (χ3n) is 6.51. The van der Waals surface area contributed by atoms with Gasteiger partial charge in [0.05, 0.1) is 11.2 Å². The molecule has 5 aromatic rings. The number of carbonyl (C=O) groups is 2. The van der Waals surface area contributed by atoms with Crippen LogP contribution < -0.4 is 10.2 Å². The Labute approximate surface area is 206 Å². The highest BCUT2D eigenvalue weighted by atomic mass is 16.2. The first-order valence-electron chi connectivity index (χ1n) is 11.8. The molecule has 2 aromatic carbocycles. The van der Waals surface area contributed by atoms with Gasteiger partial charge in [-0.25, -0.2) is 0 Å². The maximum Gasteiger partial charge on any atom is 0.239 e. The average Bonchev–Trinajstić information content (AvgIpc) is 3.31. The monoisotopic (exact) mass is 477 g/mol. The van der Waals surface area contributed by atoms with Crippen molar-refractivity contribution >= 4 is 34.1 Å². The Morgan fingerprint density at radius 1 is 1.03 bits per heavy atom. The van der Waals surface area contributed by atoms with Crippen molar-refractivity contribution < 1.29 is 9.59 Å². The lowest BCUT2D eigenvalue weighted by Gasteiger charge is -2.29. The molecule has 1 aliphatic rings. The maximum absolute atomic E-state index is 12.5. The summed E-state index contributed by atoms with van der Waals surface area (Å²) in [4.78, 5) is 30.3. The fourth-order valence-corrected chi connectivity index (χ4v) is 4.63. The van der Waals surface area contributed by atoms with Crippen molar-refractivity contribution in [3.8, 4) is 11.3 Å². The topological polar surface area (TPSA) is 105 Å². The molecule has 0 radical (unpaired) electrons. The van der Waals surface area contributed by atoms with Gasteiger partial charge in [-0.15, -0.1) is 10.2 Å². The standard InChI is InChI=1S/C27H23N7O2/c1-28-26(35)16-33-23-9-5-19(15-20(23)6-11-27(33)36)22-8-10-24-30-31-25(34(24)32-22)14-17-4-7-21-18(13-17)3-2-12-29-21/h2-5,7-10,12-13,15H,6,11,14,16H2,1H3,(H,28,35). The number of amides is 2. The van der Waals surface area contributed by atoms with Crippen molar-refractivity contribution in [3.05, 3.63) is 83.8 Å². The van der Waals surface area contributed by atoms with E-state index < -0.39 is 0 Å². The fraction of sp³-hybridized carbons (Fsp3) is 0.185. The average molecular weight is 478 g/mol. The van der Waals surface area contributed by atoms with Gasteiger partial charge in [-0.3, -0.25) is 14.6 Å². The number of anilines is 1. The van der Waals surface area contributed by atoms with Gasteiger partial charge >= 0.3 is 0 Å². The second kappa shape index (κ2) is 8.84. The predicted molar refractivity (Wildman–Crippen MR) is 136 cm³/mol. The van der Waals surface area contributed by atoms with Crippen LogP contribution in [0.3, 0.4) is 0 Å². The summed E-state index contributed by atoms with van der Waals surface area (Å²) >= 11 is 0. The van der Waals surface area contributed by atoms with E-state index in [-0.39, 0.29) is 18.4 Å². The number of nitrogens with zero attached hydrogens (tertiary/aromatic N) is 6. The number of hydrogen-bond acceptors (Lipinski definition) is 6. The molecule has 9 heteroatoms. The summed E-state index contributed by atoms with van der Waals surface area (Å²) in [6.45, 7) is 0.0147. The molecule has 178 valence electrons. The van der Waals surface area contributed by atoms with E-state index in [1.165, 1.54) is 0 Å². The lowest BCUT2D eigenvalue weighted by atomic mass is 9.97. The molecule has 0 unspecified atom stereocenters. The van der Waals surface area contributed by atoms with Crippen molar-refractivity contribution in [1.82, 2.24) is 30.1 Å². The molecule has 0 saturated carbocycles. The van der Waals surface area contributed by atoms with Gasteiger partial charge < -0.3 is 10.2 Å². The van der Waals surface area contributed by atoms with Crippen LogP contribution in [0.25, 0.3) is 27.8 Å². The zero-order chi connectivity index (χ0) is 24.6. The van der Waals surface area contributed by atoms with Gasteiger partial charge in [0.25, 0.3) is 0 Å². The molecule has 1 aliphatic heterocycles. The van der Waals surface area contributed by atoms with E-state index in [9.17, 15) is 9.59 Å². The van der Waals surface area contributed by atoms with E-state index in [4.69, 9.17) is 5.10 Å². The highest BCUT2D eigenvalue weighted by Crippen LogP contribution is 2.31. The molecule has 0 saturated heterocycles. The quantitative estimate of drug-likeness (QED) is 0.417. The van der Waals surface area contributed by atoms with Crippen LogP contribution in [0.4, 0.5) is 5.69 Å². The van der Waals surface area contributed by atoms with Crippen LogP contribution in [0, 0.1) is 0 Å². The molecule has 9 nitrogen and oxygen atoms in total. The molecule has 4 heterocycles. The Bertz CT molecular complexity index is 1640. The van der Waals surface area contributed by atoms with Gasteiger partial charge in [0, 0.05) is 42.7 Å². The van der Waals surface area contributed by atoms with E-state index in [0.29, 0.717) is 24.9 Å². The van der Waals surface area contributed by atoms with E-state index in [1.807, 2.05) is 48.5 Å². The molecular weight excluding hydrogens is 454 g/mol. The number of rotatable bonds is 5. The van der Waals surface area contributed by atoms with Crippen molar-refractivity contribution in [2.45, 2.75) is 19.3 Å². The smallest absolute Gasteiger partial charge is 0.239 e. The van der Waals surface area contributed by atoms with Crippen molar-refractivity contribution in [1.29, 1.82) is 0 Å². The summed E-state index contributed by atoms with van der Waals surface area (Å²) in [6, 6.07) is 19.9. The highest BCUT2D eigenvalue weighted by Gasteiger charge is 2.26. The zero-order valence-corrected chi connectivity index (χ0v) is 19.7. The van der Waals surface area contributed by atoms with Gasteiger partial charge in [-0.1, -0.05) is 18.2 Å². The minimum Gasteiger partial charge on any atom is -0.358 e. The summed E-state index contributed by atoms with van der Waals surface area (Å²) in [7, 11) is 1.57. The molecule has 0 aliphatic carbocycles. The first kappa shape index (κ1) is 21.8. The van der Waals surface area contributed by atoms with Crippen LogP contribution in [-0.4, -0.2) is 50.2 Å². The lowest BCUT2D eigenvalue weighted by molar-refractivity contribution is -0.123. The summed E-state index contributed by atoms with van der Waals surface area (Å²) in [5.74, 6) is 0.502. The number of pyridine rings is 1. The Morgan fingerprint density at radius 3 is 2.83 bits per heavy atom. The van der Waals surface area contributed by atoms with Gasteiger partial charge in [-0.05, 0) is 60.0 Å². The largest absolute Gasteiger partial charge is 0.358 e. The second-order valence-electron chi connectivity index (χ2n) is 8.81. The van der Waals surface area contributed by atoms with Crippen LogP contribution in [0.1, 0.15) is 23.4 Å². The molecule has 0 atom stereocenters. The molecule has 0 spiro atoms. The molecule has 3 aromatic heterocycles. The van der Waals surface area contributed by atoms with Crippen molar-refractivity contribution in [2.24, 2.45) is 0 Å². The first-order chi connectivity index (χ1) is 17.6. The number of aryl methyl sites for hydroxylation is 1. The van der Waals surface area contributed by atoms with Crippen molar-refractivity contribution in [2.75, 3.05) is 18.5 Å². The molecular formula is C27H23N7O2. The Kier molecular flexibility index (Phi) is 5.37. The minimum absolute atomic E-state index is 0.0147.